The smallest absolute Gasteiger partial charge is 0.265 e. The molecule has 28 heavy (non-hydrogen) atoms. The molecule has 1 aromatic carbocycles. The average Bonchev–Trinajstić information content (AvgIpc) is 3.18. The maximum atomic E-state index is 12.2. The number of benzene rings is 1. The van der Waals surface area contributed by atoms with Crippen LogP contribution in [0.25, 0.3) is 0 Å². The molecule has 1 heterocycles. The van der Waals surface area contributed by atoms with Crippen LogP contribution in [-0.2, 0) is 4.79 Å². The minimum atomic E-state index is 0. The van der Waals surface area contributed by atoms with E-state index in [1.165, 1.54) is 32.1 Å². The number of aliphatic imine (C=N–C) groups is 1. The molecular formula is C21H33IN4O2. The number of hydrogen-bond donors (Lipinski definition) is 2. The Kier molecular flexibility index (Phi) is 8.85. The van der Waals surface area contributed by atoms with Crippen molar-refractivity contribution in [2.24, 2.45) is 10.4 Å². The Labute approximate surface area is 185 Å². The molecule has 0 spiro atoms. The van der Waals surface area contributed by atoms with E-state index in [9.17, 15) is 4.79 Å². The Morgan fingerprint density at radius 2 is 2.00 bits per heavy atom. The number of carbonyl (C=O) groups excluding carboxylic acids is 1. The van der Waals surface area contributed by atoms with E-state index < -0.39 is 0 Å². The molecule has 0 radical (unpaired) electrons. The van der Waals surface area contributed by atoms with E-state index in [-0.39, 0.29) is 36.5 Å². The number of ether oxygens (including phenoxy) is 1. The van der Waals surface area contributed by atoms with Crippen molar-refractivity contribution < 1.29 is 9.53 Å². The third-order valence-electron chi connectivity index (χ3n) is 5.93. The molecule has 0 bridgehead atoms. The summed E-state index contributed by atoms with van der Waals surface area (Å²) in [5.74, 6) is 1.65. The maximum absolute atomic E-state index is 12.2. The molecule has 0 saturated heterocycles. The van der Waals surface area contributed by atoms with E-state index in [4.69, 9.17) is 4.74 Å². The quantitative estimate of drug-likeness (QED) is 0.260. The Hall–Kier alpha value is -1.51. The second-order valence-electron chi connectivity index (χ2n) is 7.57. The molecule has 1 aliphatic carbocycles. The van der Waals surface area contributed by atoms with Crippen LogP contribution >= 0.6 is 24.0 Å². The van der Waals surface area contributed by atoms with Gasteiger partial charge in [-0.05, 0) is 43.2 Å². The van der Waals surface area contributed by atoms with E-state index in [0.717, 1.165) is 36.9 Å². The maximum Gasteiger partial charge on any atom is 0.265 e. The fourth-order valence-electron chi connectivity index (χ4n) is 4.12. The number of nitrogens with zero attached hydrogens (tertiary/aromatic N) is 2. The Bertz CT molecular complexity index is 674. The molecule has 2 N–H and O–H groups in total. The van der Waals surface area contributed by atoms with E-state index in [1.54, 1.807) is 0 Å². The molecule has 1 fully saturated rings. The lowest BCUT2D eigenvalue weighted by molar-refractivity contribution is -0.121. The summed E-state index contributed by atoms with van der Waals surface area (Å²) < 4.78 is 5.49. The average molecular weight is 500 g/mol. The van der Waals surface area contributed by atoms with Gasteiger partial charge in [0.15, 0.2) is 12.6 Å². The summed E-state index contributed by atoms with van der Waals surface area (Å²) in [4.78, 5) is 18.4. The molecular weight excluding hydrogens is 467 g/mol. The molecule has 3 rings (SSSR count). The van der Waals surface area contributed by atoms with Gasteiger partial charge < -0.3 is 20.3 Å². The minimum absolute atomic E-state index is 0. The number of carbonyl (C=O) groups is 1. The predicted molar refractivity (Wildman–Crippen MR) is 125 cm³/mol. The monoisotopic (exact) mass is 500 g/mol. The first kappa shape index (κ1) is 22.8. The highest BCUT2D eigenvalue weighted by Gasteiger charge is 2.31. The number of halogens is 1. The number of hydrogen-bond acceptors (Lipinski definition) is 3. The van der Waals surface area contributed by atoms with E-state index >= 15 is 0 Å². The van der Waals surface area contributed by atoms with Crippen LogP contribution in [0.4, 0.5) is 5.69 Å². The standard InChI is InChI=1S/C21H32N4O2.HI/c1-3-21(11-6-7-12-21)16-24-20(22-2)23-13-8-14-25-17-9-4-5-10-18(17)27-15-19(25)26;/h4-5,9-10H,3,6-8,11-16H2,1-2H3,(H2,22,23,24);1H. The highest BCUT2D eigenvalue weighted by atomic mass is 127. The summed E-state index contributed by atoms with van der Waals surface area (Å²) in [7, 11) is 1.81. The number of rotatable bonds is 7. The van der Waals surface area contributed by atoms with Crippen molar-refractivity contribution in [3.05, 3.63) is 24.3 Å². The molecule has 6 nitrogen and oxygen atoms in total. The van der Waals surface area contributed by atoms with E-state index in [2.05, 4.69) is 22.5 Å². The Morgan fingerprint density at radius 3 is 2.71 bits per heavy atom. The second-order valence-corrected chi connectivity index (χ2v) is 7.57. The van der Waals surface area contributed by atoms with Gasteiger partial charge in [0.25, 0.3) is 5.91 Å². The zero-order valence-electron chi connectivity index (χ0n) is 17.0. The van der Waals surface area contributed by atoms with Gasteiger partial charge in [-0.15, -0.1) is 24.0 Å². The van der Waals surface area contributed by atoms with Gasteiger partial charge in [0.05, 0.1) is 5.69 Å². The topological polar surface area (TPSA) is 66.0 Å². The van der Waals surface area contributed by atoms with Gasteiger partial charge in [-0.1, -0.05) is 31.9 Å². The van der Waals surface area contributed by atoms with Crippen LogP contribution in [0, 0.1) is 5.41 Å². The predicted octanol–water partition coefficient (Wildman–Crippen LogP) is 3.56. The number of anilines is 1. The van der Waals surface area contributed by atoms with Crippen LogP contribution in [0.5, 0.6) is 5.75 Å². The molecule has 1 aliphatic heterocycles. The number of guanidine groups is 1. The fourth-order valence-corrected chi connectivity index (χ4v) is 4.12. The van der Waals surface area contributed by atoms with Crippen molar-refractivity contribution >= 4 is 41.5 Å². The van der Waals surface area contributed by atoms with Crippen molar-refractivity contribution in [3.8, 4) is 5.75 Å². The molecule has 0 aromatic heterocycles. The van der Waals surface area contributed by atoms with Gasteiger partial charge in [-0.2, -0.15) is 0 Å². The molecule has 2 aliphatic rings. The SMILES string of the molecule is CCC1(CNC(=NC)NCCCN2C(=O)COc3ccccc32)CCCC1.I. The number of para-hydroxylation sites is 2. The Balaban J connectivity index is 0.00000280. The van der Waals surface area contributed by atoms with Gasteiger partial charge >= 0.3 is 0 Å². The summed E-state index contributed by atoms with van der Waals surface area (Å²) in [6, 6.07) is 7.71. The van der Waals surface area contributed by atoms with Crippen LogP contribution in [-0.4, -0.2) is 45.2 Å². The second kappa shape index (κ2) is 10.9. The van der Waals surface area contributed by atoms with Crippen LogP contribution in [0.1, 0.15) is 45.4 Å². The van der Waals surface area contributed by atoms with Crippen molar-refractivity contribution in [3.63, 3.8) is 0 Å². The highest BCUT2D eigenvalue weighted by Crippen LogP contribution is 2.40. The zero-order chi connectivity index (χ0) is 19.1. The number of fused-ring (bicyclic) bond motifs is 1. The molecule has 156 valence electrons. The van der Waals surface area contributed by atoms with E-state index in [1.807, 2.05) is 36.2 Å². The zero-order valence-corrected chi connectivity index (χ0v) is 19.3. The molecule has 0 atom stereocenters. The fraction of sp³-hybridized carbons (Fsp3) is 0.619. The third kappa shape index (κ3) is 5.52. The molecule has 1 amide bonds. The van der Waals surface area contributed by atoms with Crippen molar-refractivity contribution in [2.45, 2.75) is 45.4 Å². The van der Waals surface area contributed by atoms with Crippen LogP contribution in [0.15, 0.2) is 29.3 Å². The van der Waals surface area contributed by atoms with Gasteiger partial charge in [-0.3, -0.25) is 9.79 Å². The van der Waals surface area contributed by atoms with Gasteiger partial charge in [0.2, 0.25) is 0 Å². The lowest BCUT2D eigenvalue weighted by Gasteiger charge is -2.30. The van der Waals surface area contributed by atoms with Crippen molar-refractivity contribution in [2.75, 3.05) is 38.2 Å². The van der Waals surface area contributed by atoms with Crippen LogP contribution in [0.3, 0.4) is 0 Å². The normalized spacial score (nSPS) is 18.1. The Morgan fingerprint density at radius 1 is 1.25 bits per heavy atom. The van der Waals surface area contributed by atoms with Gasteiger partial charge in [0.1, 0.15) is 5.75 Å². The first-order valence-electron chi connectivity index (χ1n) is 10.1. The van der Waals surface area contributed by atoms with Crippen molar-refractivity contribution in [1.29, 1.82) is 0 Å². The summed E-state index contributed by atoms with van der Waals surface area (Å²) >= 11 is 0. The highest BCUT2D eigenvalue weighted by molar-refractivity contribution is 14.0. The summed E-state index contributed by atoms with van der Waals surface area (Å²) in [5, 5.41) is 6.89. The summed E-state index contributed by atoms with van der Waals surface area (Å²) in [6.45, 7) is 4.83. The summed E-state index contributed by atoms with van der Waals surface area (Å²) in [6.07, 6.45) is 7.38. The molecule has 7 heteroatoms. The minimum Gasteiger partial charge on any atom is -0.482 e. The number of nitrogens with one attached hydrogen (secondary N) is 2. The number of amides is 1. The van der Waals surface area contributed by atoms with Gasteiger partial charge in [0, 0.05) is 26.7 Å². The lowest BCUT2D eigenvalue weighted by Crippen LogP contribution is -2.44. The lowest BCUT2D eigenvalue weighted by atomic mass is 9.83. The molecule has 1 saturated carbocycles. The molecule has 1 aromatic rings. The molecule has 0 unspecified atom stereocenters. The third-order valence-corrected chi connectivity index (χ3v) is 5.93. The van der Waals surface area contributed by atoms with Crippen molar-refractivity contribution in [1.82, 2.24) is 10.6 Å². The van der Waals surface area contributed by atoms with E-state index in [0.29, 0.717) is 12.0 Å². The largest absolute Gasteiger partial charge is 0.482 e. The van der Waals surface area contributed by atoms with Crippen LogP contribution < -0.4 is 20.3 Å². The first-order valence-corrected chi connectivity index (χ1v) is 10.1. The first-order chi connectivity index (χ1) is 13.2. The van der Waals surface area contributed by atoms with Gasteiger partial charge in [-0.25, -0.2) is 0 Å². The van der Waals surface area contributed by atoms with Crippen LogP contribution in [0.2, 0.25) is 0 Å². The summed E-state index contributed by atoms with van der Waals surface area (Å²) in [5.41, 5.74) is 1.30.